The van der Waals surface area contributed by atoms with Crippen molar-refractivity contribution < 1.29 is 22.6 Å². The van der Waals surface area contributed by atoms with Crippen LogP contribution in [0, 0.1) is 20.8 Å². The second-order valence-corrected chi connectivity index (χ2v) is 7.16. The summed E-state index contributed by atoms with van der Waals surface area (Å²) >= 11 is 0. The largest absolute Gasteiger partial charge is 0.484 e. The average Bonchev–Trinajstić information content (AvgIpc) is 2.98. The van der Waals surface area contributed by atoms with Gasteiger partial charge in [0.2, 0.25) is 0 Å². The minimum atomic E-state index is -4.39. The summed E-state index contributed by atoms with van der Waals surface area (Å²) in [6.45, 7) is 6.43. The van der Waals surface area contributed by atoms with Gasteiger partial charge in [-0.05, 0) is 32.4 Å². The highest BCUT2D eigenvalue weighted by atomic mass is 127. The van der Waals surface area contributed by atoms with Gasteiger partial charge in [0.25, 0.3) is 0 Å². The smallest absolute Gasteiger partial charge is 0.422 e. The van der Waals surface area contributed by atoms with E-state index in [9.17, 15) is 13.2 Å². The standard InChI is InChI=1S/C21H30F3N5O2.HI/c1-14-6-7-17(19(10-14)31-13-21(22,23)24)11-26-20(25-4)27-12-18-15(2)28-29(16(18)3)8-9-30-5;/h6-7,10H,8-9,11-13H2,1-5H3,(H2,25,26,27);1H. The minimum Gasteiger partial charge on any atom is -0.484 e. The Morgan fingerprint density at radius 2 is 1.84 bits per heavy atom. The zero-order valence-electron chi connectivity index (χ0n) is 19.0. The number of methoxy groups -OCH3 is 1. The number of halogens is 4. The molecule has 0 bridgehead atoms. The van der Waals surface area contributed by atoms with Gasteiger partial charge in [0, 0.05) is 44.1 Å². The number of guanidine groups is 1. The summed E-state index contributed by atoms with van der Waals surface area (Å²) in [6, 6.07) is 5.17. The van der Waals surface area contributed by atoms with Gasteiger partial charge in [0.1, 0.15) is 5.75 Å². The summed E-state index contributed by atoms with van der Waals surface area (Å²) in [7, 11) is 3.28. The topological polar surface area (TPSA) is 72.7 Å². The number of alkyl halides is 3. The minimum absolute atomic E-state index is 0. The lowest BCUT2D eigenvalue weighted by Crippen LogP contribution is -2.36. The third-order valence-electron chi connectivity index (χ3n) is 4.76. The first-order valence-electron chi connectivity index (χ1n) is 9.90. The fraction of sp³-hybridized carbons (Fsp3) is 0.524. The summed E-state index contributed by atoms with van der Waals surface area (Å²) < 4.78 is 49.7. The van der Waals surface area contributed by atoms with Crippen LogP contribution in [0.5, 0.6) is 5.75 Å². The Hall–Kier alpha value is -2.02. The normalized spacial score (nSPS) is 11.8. The lowest BCUT2D eigenvalue weighted by Gasteiger charge is -2.16. The van der Waals surface area contributed by atoms with Crippen LogP contribution >= 0.6 is 24.0 Å². The lowest BCUT2D eigenvalue weighted by atomic mass is 10.1. The van der Waals surface area contributed by atoms with Gasteiger partial charge in [-0.15, -0.1) is 24.0 Å². The summed E-state index contributed by atoms with van der Waals surface area (Å²) in [4.78, 5) is 4.19. The Balaban J connectivity index is 0.00000512. The van der Waals surface area contributed by atoms with E-state index in [1.165, 1.54) is 0 Å². The monoisotopic (exact) mass is 569 g/mol. The van der Waals surface area contributed by atoms with Gasteiger partial charge in [0.05, 0.1) is 18.8 Å². The van der Waals surface area contributed by atoms with E-state index in [1.807, 2.05) is 24.6 Å². The molecule has 1 aromatic carbocycles. The highest BCUT2D eigenvalue weighted by Gasteiger charge is 2.28. The number of rotatable bonds is 9. The Labute approximate surface area is 203 Å². The number of aryl methyl sites for hydroxylation is 2. The molecule has 0 atom stereocenters. The number of benzene rings is 1. The number of ether oxygens (including phenoxy) is 2. The molecule has 1 heterocycles. The zero-order chi connectivity index (χ0) is 23.0. The van der Waals surface area contributed by atoms with E-state index in [0.29, 0.717) is 31.2 Å². The highest BCUT2D eigenvalue weighted by Crippen LogP contribution is 2.23. The molecule has 2 rings (SSSR count). The highest BCUT2D eigenvalue weighted by molar-refractivity contribution is 14.0. The van der Waals surface area contributed by atoms with Gasteiger partial charge < -0.3 is 20.1 Å². The maximum absolute atomic E-state index is 12.6. The molecule has 0 amide bonds. The SMILES string of the molecule is CN=C(NCc1ccc(C)cc1OCC(F)(F)F)NCc1c(C)nn(CCOC)c1C.I. The van der Waals surface area contributed by atoms with Crippen LogP contribution < -0.4 is 15.4 Å². The molecule has 0 saturated carbocycles. The van der Waals surface area contributed by atoms with Gasteiger partial charge in [0.15, 0.2) is 12.6 Å². The molecule has 0 radical (unpaired) electrons. The second-order valence-electron chi connectivity index (χ2n) is 7.16. The summed E-state index contributed by atoms with van der Waals surface area (Å²) in [5.41, 5.74) is 4.44. The first kappa shape index (κ1) is 28.0. The first-order chi connectivity index (χ1) is 14.6. The summed E-state index contributed by atoms with van der Waals surface area (Å²) in [6.07, 6.45) is -4.39. The van der Waals surface area contributed by atoms with Gasteiger partial charge in [-0.2, -0.15) is 18.3 Å². The van der Waals surface area contributed by atoms with Crippen LogP contribution in [0.4, 0.5) is 13.2 Å². The predicted octanol–water partition coefficient (Wildman–Crippen LogP) is 3.88. The van der Waals surface area contributed by atoms with Gasteiger partial charge >= 0.3 is 6.18 Å². The molecule has 32 heavy (non-hydrogen) atoms. The van der Waals surface area contributed by atoms with E-state index in [4.69, 9.17) is 9.47 Å². The van der Waals surface area contributed by atoms with Crippen molar-refractivity contribution in [1.82, 2.24) is 20.4 Å². The molecular formula is C21H31F3IN5O2. The number of hydrogen-bond donors (Lipinski definition) is 2. The molecule has 2 aromatic rings. The molecule has 11 heteroatoms. The Morgan fingerprint density at radius 1 is 1.16 bits per heavy atom. The van der Waals surface area contributed by atoms with Crippen molar-refractivity contribution in [2.75, 3.05) is 27.4 Å². The zero-order valence-corrected chi connectivity index (χ0v) is 21.3. The van der Waals surface area contributed by atoms with E-state index in [1.54, 1.807) is 33.2 Å². The van der Waals surface area contributed by atoms with Crippen molar-refractivity contribution >= 4 is 29.9 Å². The quantitative estimate of drug-likeness (QED) is 0.273. The third-order valence-corrected chi connectivity index (χ3v) is 4.76. The van der Waals surface area contributed by atoms with Gasteiger partial charge in [-0.25, -0.2) is 0 Å². The van der Waals surface area contributed by atoms with E-state index >= 15 is 0 Å². The summed E-state index contributed by atoms with van der Waals surface area (Å²) in [5, 5.41) is 10.9. The Morgan fingerprint density at radius 3 is 2.47 bits per heavy atom. The van der Waals surface area contributed by atoms with Crippen LogP contribution in [0.1, 0.15) is 28.1 Å². The molecule has 1 aromatic heterocycles. The number of aromatic nitrogens is 2. The molecular weight excluding hydrogens is 538 g/mol. The molecule has 0 aliphatic carbocycles. The Kier molecular flexibility index (Phi) is 11.3. The van der Waals surface area contributed by atoms with Crippen LogP contribution in [0.15, 0.2) is 23.2 Å². The number of aliphatic imine (C=N–C) groups is 1. The molecule has 0 aliphatic rings. The molecule has 0 saturated heterocycles. The fourth-order valence-electron chi connectivity index (χ4n) is 3.06. The third kappa shape index (κ3) is 8.49. The molecule has 0 fully saturated rings. The fourth-order valence-corrected chi connectivity index (χ4v) is 3.06. The maximum atomic E-state index is 12.6. The van der Waals surface area contributed by atoms with Gasteiger partial charge in [-0.1, -0.05) is 12.1 Å². The van der Waals surface area contributed by atoms with Crippen molar-refractivity contribution in [2.24, 2.45) is 4.99 Å². The number of nitrogens with one attached hydrogen (secondary N) is 2. The van der Waals surface area contributed by atoms with Crippen LogP contribution in [0.3, 0.4) is 0 Å². The second kappa shape index (κ2) is 12.9. The van der Waals surface area contributed by atoms with Gasteiger partial charge in [-0.3, -0.25) is 9.67 Å². The van der Waals surface area contributed by atoms with E-state index < -0.39 is 12.8 Å². The number of hydrogen-bond acceptors (Lipinski definition) is 4. The Bertz CT molecular complexity index is 900. The van der Waals surface area contributed by atoms with Crippen LogP contribution in [0.25, 0.3) is 0 Å². The van der Waals surface area contributed by atoms with E-state index in [-0.39, 0.29) is 36.3 Å². The van der Waals surface area contributed by atoms with E-state index in [0.717, 1.165) is 22.5 Å². The van der Waals surface area contributed by atoms with Crippen LogP contribution in [-0.4, -0.2) is 49.3 Å². The van der Waals surface area contributed by atoms with Crippen LogP contribution in [-0.2, 0) is 24.4 Å². The summed E-state index contributed by atoms with van der Waals surface area (Å²) in [5.74, 6) is 0.720. The van der Waals surface area contributed by atoms with Crippen molar-refractivity contribution in [1.29, 1.82) is 0 Å². The van der Waals surface area contributed by atoms with Crippen molar-refractivity contribution in [2.45, 2.75) is 46.6 Å². The molecule has 0 spiro atoms. The predicted molar refractivity (Wildman–Crippen MR) is 129 cm³/mol. The molecule has 0 aliphatic heterocycles. The molecule has 2 N–H and O–H groups in total. The molecule has 7 nitrogen and oxygen atoms in total. The average molecular weight is 569 g/mol. The molecule has 180 valence electrons. The maximum Gasteiger partial charge on any atom is 0.422 e. The molecule has 0 unspecified atom stereocenters. The number of nitrogens with zero attached hydrogens (tertiary/aromatic N) is 3. The van der Waals surface area contributed by atoms with E-state index in [2.05, 4.69) is 20.7 Å². The van der Waals surface area contributed by atoms with Crippen LogP contribution in [0.2, 0.25) is 0 Å². The van der Waals surface area contributed by atoms with Crippen molar-refractivity contribution in [3.8, 4) is 5.75 Å². The lowest BCUT2D eigenvalue weighted by molar-refractivity contribution is -0.153. The first-order valence-corrected chi connectivity index (χ1v) is 9.90. The van der Waals surface area contributed by atoms with Crippen molar-refractivity contribution in [3.63, 3.8) is 0 Å². The van der Waals surface area contributed by atoms with Crippen molar-refractivity contribution in [3.05, 3.63) is 46.3 Å².